The van der Waals surface area contributed by atoms with E-state index in [-0.39, 0.29) is 5.56 Å². The number of nitrogens with zero attached hydrogens (tertiary/aromatic N) is 5. The molecule has 0 aliphatic rings. The number of benzene rings is 3. The van der Waals surface area contributed by atoms with Gasteiger partial charge in [-0.3, -0.25) is 13.8 Å². The molecule has 3 aromatic carbocycles. The third-order valence-corrected chi connectivity index (χ3v) is 7.12. The molecule has 3 aromatic heterocycles. The van der Waals surface area contributed by atoms with E-state index in [1.54, 1.807) is 23.4 Å². The Morgan fingerprint density at radius 3 is 2.67 bits per heavy atom. The first-order valence-electron chi connectivity index (χ1n) is 11.7. The number of rotatable bonds is 8. The van der Waals surface area contributed by atoms with Crippen molar-refractivity contribution in [3.05, 3.63) is 94.6 Å². The number of hydrogen-bond acceptors (Lipinski definition) is 7. The van der Waals surface area contributed by atoms with Crippen LogP contribution in [0.1, 0.15) is 17.9 Å². The maximum absolute atomic E-state index is 13.5. The summed E-state index contributed by atoms with van der Waals surface area (Å²) < 4.78 is 15.0. The van der Waals surface area contributed by atoms with E-state index in [2.05, 4.69) is 15.2 Å². The first kappa shape index (κ1) is 22.4. The lowest BCUT2D eigenvalue weighted by Gasteiger charge is -2.13. The third kappa shape index (κ3) is 4.01. The molecular formula is C27H23N5O3S. The van der Waals surface area contributed by atoms with Gasteiger partial charge in [-0.05, 0) is 36.8 Å². The van der Waals surface area contributed by atoms with Gasteiger partial charge in [0, 0.05) is 17.7 Å². The molecule has 0 unspecified atom stereocenters. The number of methoxy groups -OCH3 is 1. The molecule has 8 nitrogen and oxygen atoms in total. The van der Waals surface area contributed by atoms with Crippen LogP contribution in [0.4, 0.5) is 0 Å². The fourth-order valence-corrected chi connectivity index (χ4v) is 5.27. The summed E-state index contributed by atoms with van der Waals surface area (Å²) >= 11 is 1.61. The largest absolute Gasteiger partial charge is 0.496 e. The molecule has 0 atom stereocenters. The fraction of sp³-hybridized carbons (Fsp3) is 0.185. The van der Waals surface area contributed by atoms with E-state index in [0.717, 1.165) is 57.6 Å². The van der Waals surface area contributed by atoms with Crippen molar-refractivity contribution in [1.29, 1.82) is 0 Å². The molecule has 0 aliphatic carbocycles. The van der Waals surface area contributed by atoms with Crippen molar-refractivity contribution in [2.45, 2.75) is 24.5 Å². The maximum Gasteiger partial charge on any atom is 0.263 e. The Kier molecular flexibility index (Phi) is 5.90. The van der Waals surface area contributed by atoms with E-state index < -0.39 is 0 Å². The Bertz CT molecular complexity index is 1720. The number of para-hydroxylation sites is 4. The quantitative estimate of drug-likeness (QED) is 0.217. The Morgan fingerprint density at radius 1 is 0.972 bits per heavy atom. The minimum absolute atomic E-state index is 0.107. The molecule has 0 saturated carbocycles. The number of thioether (sulfide) groups is 1. The van der Waals surface area contributed by atoms with Crippen molar-refractivity contribution in [1.82, 2.24) is 24.1 Å². The number of aromatic nitrogens is 5. The molecule has 0 radical (unpaired) electrons. The van der Waals surface area contributed by atoms with Gasteiger partial charge in [0.05, 0.1) is 24.6 Å². The summed E-state index contributed by atoms with van der Waals surface area (Å²) in [5.74, 6) is 2.77. The molecular weight excluding hydrogens is 474 g/mol. The molecule has 0 amide bonds. The Hall–Kier alpha value is -4.11. The predicted octanol–water partition coefficient (Wildman–Crippen LogP) is 4.97. The van der Waals surface area contributed by atoms with Crippen molar-refractivity contribution in [3.63, 3.8) is 0 Å². The van der Waals surface area contributed by atoms with Gasteiger partial charge >= 0.3 is 0 Å². The van der Waals surface area contributed by atoms with Gasteiger partial charge in [-0.25, -0.2) is 4.98 Å². The average Bonchev–Trinajstić information content (AvgIpc) is 3.53. The average molecular weight is 498 g/mol. The number of fused-ring (bicyclic) bond motifs is 4. The topological polar surface area (TPSA) is 87.5 Å². The second-order valence-electron chi connectivity index (χ2n) is 8.37. The second kappa shape index (κ2) is 9.50. The van der Waals surface area contributed by atoms with Crippen molar-refractivity contribution in [2.75, 3.05) is 12.9 Å². The molecule has 3 heterocycles. The molecule has 0 bridgehead atoms. The van der Waals surface area contributed by atoms with Crippen molar-refractivity contribution < 1.29 is 9.15 Å². The van der Waals surface area contributed by atoms with Gasteiger partial charge in [0.25, 0.3) is 5.56 Å². The number of aryl methyl sites for hydroxylation is 1. The smallest absolute Gasteiger partial charge is 0.263 e. The van der Waals surface area contributed by atoms with E-state index in [0.29, 0.717) is 17.7 Å². The van der Waals surface area contributed by atoms with Crippen LogP contribution < -0.4 is 10.3 Å². The van der Waals surface area contributed by atoms with Crippen LogP contribution in [0.15, 0.2) is 87.2 Å². The standard InChI is InChI=1S/C27H23N5O3S/c1-34-22-13-6-2-9-18(22)17-31-25(33)19-10-3-5-12-21(19)32-26(31)29-30-27(32)36-16-8-15-24-28-20-11-4-7-14-23(20)35-24/h2-7,9-14H,8,15-17H2,1H3. The summed E-state index contributed by atoms with van der Waals surface area (Å²) in [6.45, 7) is 0.331. The number of ether oxygens (including phenoxy) is 1. The maximum atomic E-state index is 13.5. The van der Waals surface area contributed by atoms with Gasteiger partial charge in [0.2, 0.25) is 5.78 Å². The highest BCUT2D eigenvalue weighted by atomic mass is 32.2. The van der Waals surface area contributed by atoms with Gasteiger partial charge in [-0.15, -0.1) is 10.2 Å². The summed E-state index contributed by atoms with van der Waals surface area (Å²) in [6, 6.07) is 23.1. The number of oxazole rings is 1. The minimum atomic E-state index is -0.107. The van der Waals surface area contributed by atoms with Gasteiger partial charge in [0.15, 0.2) is 16.6 Å². The minimum Gasteiger partial charge on any atom is -0.496 e. The fourth-order valence-electron chi connectivity index (χ4n) is 4.39. The number of hydrogen-bond donors (Lipinski definition) is 0. The van der Waals surface area contributed by atoms with E-state index in [1.807, 2.05) is 77.2 Å². The van der Waals surface area contributed by atoms with Crippen LogP contribution in [0, 0.1) is 0 Å². The summed E-state index contributed by atoms with van der Waals surface area (Å²) in [4.78, 5) is 18.0. The Balaban J connectivity index is 1.31. The predicted molar refractivity (Wildman–Crippen MR) is 140 cm³/mol. The van der Waals surface area contributed by atoms with Crippen LogP contribution in [0.5, 0.6) is 5.75 Å². The molecule has 0 saturated heterocycles. The Morgan fingerprint density at radius 2 is 1.78 bits per heavy atom. The molecule has 36 heavy (non-hydrogen) atoms. The van der Waals surface area contributed by atoms with Gasteiger partial charge in [-0.1, -0.05) is 54.2 Å². The SMILES string of the molecule is COc1ccccc1Cn1c(=O)c2ccccc2n2c(SCCCc3nc4ccccc4o3)nnc12. The van der Waals surface area contributed by atoms with E-state index >= 15 is 0 Å². The lowest BCUT2D eigenvalue weighted by molar-refractivity contribution is 0.408. The first-order chi connectivity index (χ1) is 17.7. The zero-order valence-electron chi connectivity index (χ0n) is 19.6. The van der Waals surface area contributed by atoms with Gasteiger partial charge in [-0.2, -0.15) is 0 Å². The normalized spacial score (nSPS) is 11.6. The van der Waals surface area contributed by atoms with Crippen LogP contribution in [0.2, 0.25) is 0 Å². The van der Waals surface area contributed by atoms with Gasteiger partial charge < -0.3 is 9.15 Å². The lowest BCUT2D eigenvalue weighted by Crippen LogP contribution is -2.24. The Labute approximate surface area is 210 Å². The van der Waals surface area contributed by atoms with Crippen LogP contribution in [-0.2, 0) is 13.0 Å². The van der Waals surface area contributed by atoms with E-state index in [1.165, 1.54) is 0 Å². The molecule has 0 N–H and O–H groups in total. The van der Waals surface area contributed by atoms with Crippen molar-refractivity contribution in [2.24, 2.45) is 0 Å². The van der Waals surface area contributed by atoms with Crippen molar-refractivity contribution in [3.8, 4) is 5.75 Å². The molecule has 0 aliphatic heterocycles. The zero-order valence-corrected chi connectivity index (χ0v) is 20.4. The molecule has 9 heteroatoms. The first-order valence-corrected chi connectivity index (χ1v) is 12.7. The summed E-state index contributed by atoms with van der Waals surface area (Å²) in [5.41, 5.74) is 3.27. The second-order valence-corrected chi connectivity index (χ2v) is 9.43. The van der Waals surface area contributed by atoms with E-state index in [4.69, 9.17) is 9.15 Å². The highest BCUT2D eigenvalue weighted by Crippen LogP contribution is 2.25. The van der Waals surface area contributed by atoms with Crippen LogP contribution in [-0.4, -0.2) is 37.0 Å². The summed E-state index contributed by atoms with van der Waals surface area (Å²) in [6.07, 6.45) is 1.60. The lowest BCUT2D eigenvalue weighted by atomic mass is 10.2. The summed E-state index contributed by atoms with van der Waals surface area (Å²) in [7, 11) is 1.63. The highest BCUT2D eigenvalue weighted by Gasteiger charge is 2.18. The van der Waals surface area contributed by atoms with Crippen LogP contribution in [0.25, 0.3) is 27.8 Å². The molecule has 6 rings (SSSR count). The van der Waals surface area contributed by atoms with E-state index in [9.17, 15) is 4.79 Å². The van der Waals surface area contributed by atoms with Crippen LogP contribution >= 0.6 is 11.8 Å². The molecule has 0 spiro atoms. The monoisotopic (exact) mass is 497 g/mol. The molecule has 0 fully saturated rings. The zero-order chi connectivity index (χ0) is 24.5. The molecule has 180 valence electrons. The van der Waals surface area contributed by atoms with Gasteiger partial charge in [0.1, 0.15) is 11.3 Å². The van der Waals surface area contributed by atoms with Crippen molar-refractivity contribution >= 4 is 39.5 Å². The molecule has 6 aromatic rings. The third-order valence-electron chi connectivity index (χ3n) is 6.10. The summed E-state index contributed by atoms with van der Waals surface area (Å²) in [5, 5.41) is 10.2. The van der Waals surface area contributed by atoms with Crippen LogP contribution in [0.3, 0.4) is 0 Å². The highest BCUT2D eigenvalue weighted by molar-refractivity contribution is 7.99.